The summed E-state index contributed by atoms with van der Waals surface area (Å²) in [6.45, 7) is 15.6. The van der Waals surface area contributed by atoms with Crippen molar-refractivity contribution in [1.29, 1.82) is 0 Å². The second-order valence-corrected chi connectivity index (χ2v) is 45.1. The molecule has 8 aromatic carbocycles. The Kier molecular flexibility index (Phi) is 32.2. The number of carbonyl (C=O) groups is 10. The van der Waals surface area contributed by atoms with E-state index in [4.69, 9.17) is 105 Å². The summed E-state index contributed by atoms with van der Waals surface area (Å²) in [4.78, 5) is 136. The summed E-state index contributed by atoms with van der Waals surface area (Å²) in [7, 11) is 0. The third kappa shape index (κ3) is 25.0. The Morgan fingerprint density at radius 2 is 0.635 bits per heavy atom. The molecule has 778 valence electrons. The van der Waals surface area contributed by atoms with Gasteiger partial charge in [0.05, 0.1) is 60.6 Å². The number of halogens is 10. The van der Waals surface area contributed by atoms with Gasteiger partial charge in [-0.3, -0.25) is 62.9 Å². The van der Waals surface area contributed by atoms with Gasteiger partial charge in [-0.15, -0.1) is 0 Å². The van der Waals surface area contributed by atoms with E-state index in [9.17, 15) is 61.1 Å². The highest BCUT2D eigenvalue weighted by Crippen LogP contribution is 2.71. The van der Waals surface area contributed by atoms with Crippen molar-refractivity contribution in [2.45, 2.75) is 211 Å². The molecule has 28 nitrogen and oxygen atoms in total. The maximum Gasteiger partial charge on any atom is 0.258 e. The molecule has 2 heterocycles. The van der Waals surface area contributed by atoms with E-state index in [1.165, 1.54) is 42.0 Å². The second kappa shape index (κ2) is 44.0. The van der Waals surface area contributed by atoms with E-state index in [1.54, 1.807) is 85.6 Å². The molecule has 2 aromatic heterocycles. The first-order chi connectivity index (χ1) is 70.2. The van der Waals surface area contributed by atoms with Gasteiger partial charge in [0, 0.05) is 123 Å². The lowest BCUT2D eigenvalue weighted by atomic mass is 9.39. The zero-order valence-electron chi connectivity index (χ0n) is 82.4. The number of nitrogens with zero attached hydrogens (tertiary/aromatic N) is 3. The summed E-state index contributed by atoms with van der Waals surface area (Å²) >= 11 is 41.2. The minimum Gasteiger partial charge on any atom is -0.484 e. The molecule has 10 aromatic rings. The van der Waals surface area contributed by atoms with Crippen LogP contribution < -0.4 is 76.9 Å². The van der Waals surface area contributed by atoms with E-state index in [2.05, 4.69) is 119 Å². The quantitative estimate of drug-likeness (QED) is 0.0176. The van der Waals surface area contributed by atoms with E-state index >= 15 is 0 Å². The van der Waals surface area contributed by atoms with Gasteiger partial charge in [0.15, 0.2) is 33.0 Å². The van der Waals surface area contributed by atoms with Crippen molar-refractivity contribution in [3.05, 3.63) is 303 Å². The molecule has 10 bridgehead atoms. The van der Waals surface area contributed by atoms with Gasteiger partial charge in [-0.2, -0.15) is 0 Å². The highest BCUT2D eigenvalue weighted by molar-refractivity contribution is 6.36. The second-order valence-electron chi connectivity index (χ2n) is 42.2. The molecule has 15 fully saturated rings. The lowest BCUT2D eigenvalue weighted by Gasteiger charge is -2.69. The molecule has 25 rings (SSSR count). The van der Waals surface area contributed by atoms with Crippen LogP contribution in [0.2, 0.25) is 35.2 Å². The van der Waals surface area contributed by atoms with Crippen molar-refractivity contribution in [3.63, 3.8) is 0 Å². The lowest BCUT2D eigenvalue weighted by Crippen LogP contribution is -2.78. The van der Waals surface area contributed by atoms with Crippen LogP contribution in [0, 0.1) is 72.2 Å². The number of rotatable bonds is 35. The van der Waals surface area contributed by atoms with Crippen molar-refractivity contribution in [3.8, 4) is 28.7 Å². The molecule has 148 heavy (non-hydrogen) atoms. The van der Waals surface area contributed by atoms with E-state index in [1.807, 2.05) is 52.0 Å². The van der Waals surface area contributed by atoms with Crippen LogP contribution in [0.1, 0.15) is 173 Å². The Morgan fingerprint density at radius 1 is 0.318 bits per heavy atom. The standard InChI is InChI=1S/C25H28ClFN2O3.C22H21Cl3N2O3.C22H22ClFN2O3.C21H21ClFN3O3.C20H21ClN4O3/c1-23(2,3)17-6-4-16(5-7-17)11-28-22(31)24-13-25(14-24,15-24)29-21(30)12-32-18-8-9-19(26)20(27)10-18;1-13-7-14(5-6-16(13)23)30-9-19(28)27-22-10-21(11-22,12-22)20(29)26-8-15-17(24)3-2-4-18(15)25;1-14-3-2-4-15(7-14)9-25-20(28)21-11-22(12-21,13-21)26-19(27)10-29-16-5-6-17(23)18(24)8-16;1-13-4-5-24-7-14(13)8-25-19(28)20-10-21(11-20,12-20)26-18(27)9-29-15-2-3-16(22)17(23)6-15;1-13-6-15(2-3-16(13)21)28-9-17(26)25-20-10-19(11-20,12-20)18(27)24-8-14-7-22-4-5-23-14/h4-10H,11-15H2,1-3H3,(H,28,31)(H,29,30);2-7H,8-12H2,1H3,(H,26,29)(H,27,28);2-8H,9-13H2,1H3,(H,25,28)(H,26,27);2-7H,8-12H2,1H3,(H,25,28)(H,26,27);2-7H,8-12H2,1H3,(H,24,27)(H,25,26). The van der Waals surface area contributed by atoms with Gasteiger partial charge < -0.3 is 76.9 Å². The van der Waals surface area contributed by atoms with Crippen LogP contribution in [0.3, 0.4) is 0 Å². The first-order valence-electron chi connectivity index (χ1n) is 48.4. The molecule has 0 saturated heterocycles. The van der Waals surface area contributed by atoms with E-state index < -0.39 is 22.9 Å². The number of aromatic nitrogens is 3. The van der Waals surface area contributed by atoms with Crippen molar-refractivity contribution < 1.29 is 84.8 Å². The Labute approximate surface area is 889 Å². The van der Waals surface area contributed by atoms with Gasteiger partial charge in [0.2, 0.25) is 29.5 Å². The molecule has 38 heteroatoms. The number of nitrogens with one attached hydrogen (secondary N) is 10. The first kappa shape index (κ1) is 108. The first-order valence-corrected chi connectivity index (χ1v) is 51.1. The maximum atomic E-state index is 13.4. The summed E-state index contributed by atoms with van der Waals surface area (Å²) in [6, 6.07) is 46.1. The van der Waals surface area contributed by atoms with E-state index in [0.29, 0.717) is 160 Å². The Balaban J connectivity index is 0.000000132. The van der Waals surface area contributed by atoms with Gasteiger partial charge in [-0.25, -0.2) is 13.2 Å². The molecule has 0 radical (unpaired) electrons. The summed E-state index contributed by atoms with van der Waals surface area (Å²) in [5.41, 5.74) is 6.54. The normalized spacial score (nSPS) is 24.0. The third-order valence-electron chi connectivity index (χ3n) is 29.3. The molecular formula is C110H113Cl7F3N13O15. The molecule has 0 atom stereocenters. The van der Waals surface area contributed by atoms with Gasteiger partial charge in [0.1, 0.15) is 46.2 Å². The number of aryl methyl sites for hydroxylation is 4. The van der Waals surface area contributed by atoms with Crippen molar-refractivity contribution in [1.82, 2.24) is 68.1 Å². The fraction of sp³-hybridized carbons (Fsp3) is 0.391. The van der Waals surface area contributed by atoms with Crippen LogP contribution in [0.15, 0.2) is 195 Å². The summed E-state index contributed by atoms with van der Waals surface area (Å²) < 4.78 is 67.3. The van der Waals surface area contributed by atoms with Crippen LogP contribution in [-0.2, 0) is 86.1 Å². The lowest BCUT2D eigenvalue weighted by molar-refractivity contribution is -0.184. The molecule has 10 amide bonds. The number of hydrogen-bond acceptors (Lipinski definition) is 18. The number of ether oxygens (including phenoxy) is 5. The third-order valence-corrected chi connectivity index (χ3v) is 31.8. The molecular weight excluding hydrogens is 2050 g/mol. The van der Waals surface area contributed by atoms with Gasteiger partial charge >= 0.3 is 0 Å². The van der Waals surface area contributed by atoms with E-state index in [-0.39, 0.29) is 186 Å². The Bertz CT molecular complexity index is 6680. The largest absolute Gasteiger partial charge is 0.484 e. The van der Waals surface area contributed by atoms with Crippen molar-refractivity contribution in [2.75, 3.05) is 33.0 Å². The zero-order chi connectivity index (χ0) is 106. The van der Waals surface area contributed by atoms with E-state index in [0.717, 1.165) is 62.8 Å². The number of hydrogen-bond donors (Lipinski definition) is 10. The number of carbonyl (C=O) groups excluding carboxylic acids is 10. The van der Waals surface area contributed by atoms with Crippen LogP contribution in [0.25, 0.3) is 0 Å². The van der Waals surface area contributed by atoms with Gasteiger partial charge in [-0.05, 0) is 259 Å². The average molecular weight is 2160 g/mol. The van der Waals surface area contributed by atoms with Crippen LogP contribution in [0.5, 0.6) is 28.7 Å². The fourth-order valence-corrected chi connectivity index (χ4v) is 23.0. The zero-order valence-corrected chi connectivity index (χ0v) is 87.7. The predicted octanol–water partition coefficient (Wildman–Crippen LogP) is 17.8. The Hall–Kier alpha value is -12.5. The SMILES string of the molecule is CC(C)(C)c1ccc(CNC(=O)C23CC(NC(=O)COc4ccc(Cl)c(F)c4)(C2)C3)cc1.Cc1cc(OCC(=O)NC23CC(C(=O)NCc4c(Cl)cccc4Cl)(C2)C3)ccc1Cl.Cc1cc(OCC(=O)NC23CC(C(=O)NCc4cnccn4)(C2)C3)ccc1Cl.Cc1cccc(CNC(=O)C23CC(NC(=O)COc4ccc(Cl)c(F)c4)(C2)C3)c1.Cc1ccncc1CNC(=O)C12CC(NC(=O)COc3ccc(Cl)c(F)c3)(C1)C2. The molecule has 0 aliphatic heterocycles. The molecule has 15 aliphatic carbocycles. The highest BCUT2D eigenvalue weighted by Gasteiger charge is 2.76. The van der Waals surface area contributed by atoms with Gasteiger partial charge in [0.25, 0.3) is 29.5 Å². The summed E-state index contributed by atoms with van der Waals surface area (Å²) in [5.74, 6) is -1.00. The van der Waals surface area contributed by atoms with Crippen molar-refractivity contribution in [2.24, 2.45) is 27.1 Å². The highest BCUT2D eigenvalue weighted by atomic mass is 35.5. The molecule has 10 N–H and O–H groups in total. The Morgan fingerprint density at radius 3 is 0.959 bits per heavy atom. The number of benzene rings is 8. The maximum absolute atomic E-state index is 13.4. The predicted molar refractivity (Wildman–Crippen MR) is 553 cm³/mol. The number of amides is 10. The minimum absolute atomic E-state index is 0.00108. The fourth-order valence-electron chi connectivity index (χ4n) is 21.9. The van der Waals surface area contributed by atoms with Crippen LogP contribution in [0.4, 0.5) is 13.2 Å². The molecule has 15 saturated carbocycles. The molecule has 15 aliphatic rings. The minimum atomic E-state index is -0.599. The van der Waals surface area contributed by atoms with Crippen LogP contribution >= 0.6 is 81.2 Å². The van der Waals surface area contributed by atoms with Gasteiger partial charge in [-0.1, -0.05) is 162 Å². The summed E-state index contributed by atoms with van der Waals surface area (Å²) in [5, 5.41) is 32.1. The topological polar surface area (TPSA) is 376 Å². The number of pyridine rings is 1. The monoisotopic (exact) mass is 2160 g/mol. The smallest absolute Gasteiger partial charge is 0.258 e. The molecule has 0 spiro atoms. The summed E-state index contributed by atoms with van der Waals surface area (Å²) in [6.07, 6.45) is 17.9. The van der Waals surface area contributed by atoms with Crippen LogP contribution in [-0.4, -0.2) is 135 Å². The van der Waals surface area contributed by atoms with Crippen molar-refractivity contribution >= 4 is 140 Å². The molecule has 0 unspecified atom stereocenters. The average Bonchev–Trinajstić information content (AvgIpc) is 0.693.